The second-order valence-electron chi connectivity index (χ2n) is 4.74. The minimum atomic E-state index is -3.49. The average Bonchev–Trinajstić information content (AvgIpc) is 2.54. The lowest BCUT2D eigenvalue weighted by Gasteiger charge is -2.17. The monoisotopic (exact) mass is 324 g/mol. The molecular weight excluding hydrogens is 308 g/mol. The van der Waals surface area contributed by atoms with Gasteiger partial charge in [0.2, 0.25) is 0 Å². The third-order valence-corrected chi connectivity index (χ3v) is 6.15. The number of rotatable bonds is 5. The van der Waals surface area contributed by atoms with E-state index in [9.17, 15) is 13.5 Å². The number of halogens is 1. The summed E-state index contributed by atoms with van der Waals surface area (Å²) < 4.78 is 22.1. The predicted octanol–water partition coefficient (Wildman–Crippen LogP) is 3.39. The van der Waals surface area contributed by atoms with E-state index in [0.717, 1.165) is 11.1 Å². The first-order valence-electron chi connectivity index (χ1n) is 6.65. The Labute approximate surface area is 130 Å². The van der Waals surface area contributed by atoms with E-state index in [1.807, 2.05) is 42.5 Å². The lowest BCUT2D eigenvalue weighted by molar-refractivity contribution is 0.191. The zero-order chi connectivity index (χ0) is 15.5. The van der Waals surface area contributed by atoms with Gasteiger partial charge in [0.15, 0.2) is 14.5 Å². The number of alkyl halides is 1. The van der Waals surface area contributed by atoms with Gasteiger partial charge in [0, 0.05) is 5.75 Å². The number of hydrogen-bond acceptors (Lipinski definition) is 3. The van der Waals surface area contributed by atoms with E-state index in [4.69, 9.17) is 11.6 Å². The van der Waals surface area contributed by atoms with Crippen molar-refractivity contribution >= 4 is 21.4 Å². The highest BCUT2D eigenvalue weighted by atomic mass is 35.5. The zero-order valence-electron chi connectivity index (χ0n) is 11.6. The van der Waals surface area contributed by atoms with Gasteiger partial charge in [-0.1, -0.05) is 61.5 Å². The smallest absolute Gasteiger partial charge is 0.169 e. The molecule has 112 valence electrons. The van der Waals surface area contributed by atoms with Gasteiger partial charge in [-0.15, -0.1) is 11.6 Å². The van der Waals surface area contributed by atoms with Gasteiger partial charge >= 0.3 is 0 Å². The third-order valence-electron chi connectivity index (χ3n) is 3.35. The molecule has 0 saturated carbocycles. The van der Waals surface area contributed by atoms with Gasteiger partial charge in [-0.2, -0.15) is 0 Å². The first kappa shape index (κ1) is 16.0. The van der Waals surface area contributed by atoms with E-state index in [1.165, 1.54) is 6.92 Å². The number of aliphatic hydroxyl groups is 1. The van der Waals surface area contributed by atoms with E-state index >= 15 is 0 Å². The normalized spacial score (nSPS) is 14.6. The quantitative estimate of drug-likeness (QED) is 0.858. The molecule has 21 heavy (non-hydrogen) atoms. The topological polar surface area (TPSA) is 54.4 Å². The fourth-order valence-corrected chi connectivity index (χ4v) is 3.40. The Morgan fingerprint density at radius 1 is 1.00 bits per heavy atom. The van der Waals surface area contributed by atoms with Crippen LogP contribution in [0.4, 0.5) is 0 Å². The summed E-state index contributed by atoms with van der Waals surface area (Å²) in [5, 5.41) is 10.1. The molecule has 2 aromatic rings. The summed E-state index contributed by atoms with van der Waals surface area (Å²) in [4.78, 5) is 0. The predicted molar refractivity (Wildman–Crippen MR) is 85.9 cm³/mol. The van der Waals surface area contributed by atoms with E-state index in [-0.39, 0.29) is 5.75 Å². The summed E-state index contributed by atoms with van der Waals surface area (Å²) in [6.45, 7) is 1.51. The van der Waals surface area contributed by atoms with Gasteiger partial charge in [-0.3, -0.25) is 0 Å². The molecule has 0 heterocycles. The Balaban J connectivity index is 2.23. The number of hydrogen-bond donors (Lipinski definition) is 1. The van der Waals surface area contributed by atoms with Crippen LogP contribution in [0.3, 0.4) is 0 Å². The highest BCUT2D eigenvalue weighted by molar-refractivity contribution is 7.93. The van der Waals surface area contributed by atoms with Gasteiger partial charge in [0.05, 0.1) is 0 Å². The number of aliphatic hydroxyl groups excluding tert-OH is 1. The second-order valence-corrected chi connectivity index (χ2v) is 7.88. The summed E-state index contributed by atoms with van der Waals surface area (Å²) >= 11 is 5.88. The Kier molecular flexibility index (Phi) is 5.04. The molecule has 3 nitrogen and oxygen atoms in total. The molecule has 0 spiro atoms. The molecule has 0 aliphatic rings. The molecule has 0 bridgehead atoms. The molecule has 0 aliphatic heterocycles. The van der Waals surface area contributed by atoms with Crippen LogP contribution in [-0.4, -0.2) is 24.0 Å². The Morgan fingerprint density at radius 3 is 2.05 bits per heavy atom. The molecule has 0 radical (unpaired) electrons. The van der Waals surface area contributed by atoms with E-state index < -0.39 is 20.7 Å². The largest absolute Gasteiger partial charge is 0.386 e. The lowest BCUT2D eigenvalue weighted by Crippen LogP contribution is -2.24. The van der Waals surface area contributed by atoms with Crippen molar-refractivity contribution in [1.29, 1.82) is 0 Å². The molecule has 2 rings (SSSR count). The first-order chi connectivity index (χ1) is 9.95. The van der Waals surface area contributed by atoms with Gasteiger partial charge in [0.25, 0.3) is 0 Å². The van der Waals surface area contributed by atoms with Crippen molar-refractivity contribution in [1.82, 2.24) is 0 Å². The fraction of sp³-hybridized carbons (Fsp3) is 0.250. The van der Waals surface area contributed by atoms with Crippen LogP contribution >= 0.6 is 11.6 Å². The fourth-order valence-electron chi connectivity index (χ4n) is 2.01. The Morgan fingerprint density at radius 2 is 1.52 bits per heavy atom. The van der Waals surface area contributed by atoms with Crippen molar-refractivity contribution in [3.05, 3.63) is 60.2 Å². The first-order valence-corrected chi connectivity index (χ1v) is 8.80. The van der Waals surface area contributed by atoms with Gasteiger partial charge in [0.1, 0.15) is 6.10 Å². The van der Waals surface area contributed by atoms with Gasteiger partial charge < -0.3 is 5.11 Å². The summed E-state index contributed by atoms with van der Waals surface area (Å²) in [5.74, 6) is -0.0969. The van der Waals surface area contributed by atoms with Crippen LogP contribution in [0.15, 0.2) is 54.6 Å². The maximum Gasteiger partial charge on any atom is 0.169 e. The summed E-state index contributed by atoms with van der Waals surface area (Å²) in [6.07, 6.45) is -1.23. The third kappa shape index (κ3) is 3.64. The molecule has 0 aliphatic carbocycles. The van der Waals surface area contributed by atoms with Crippen molar-refractivity contribution in [3.8, 4) is 11.1 Å². The van der Waals surface area contributed by atoms with Gasteiger partial charge in [-0.25, -0.2) is 8.42 Å². The standard InChI is InChI=1S/C16H17ClO3S/c1-2-21(19,20)16(17)15(18)14-10-8-13(9-11-14)12-6-4-3-5-7-12/h3-11,15-16,18H,2H2,1H3. The van der Waals surface area contributed by atoms with Crippen LogP contribution in [0.25, 0.3) is 11.1 Å². The maximum absolute atomic E-state index is 11.7. The molecule has 5 heteroatoms. The Hall–Kier alpha value is -1.36. The number of benzene rings is 2. The van der Waals surface area contributed by atoms with Crippen LogP contribution in [-0.2, 0) is 9.84 Å². The summed E-state index contributed by atoms with van der Waals surface area (Å²) in [7, 11) is -3.49. The second kappa shape index (κ2) is 6.60. The molecular formula is C16H17ClO3S. The SMILES string of the molecule is CCS(=O)(=O)C(Cl)C(O)c1ccc(-c2ccccc2)cc1. The molecule has 0 fully saturated rings. The highest BCUT2D eigenvalue weighted by Crippen LogP contribution is 2.28. The lowest BCUT2D eigenvalue weighted by atomic mass is 10.0. The Bertz CT molecular complexity index is 681. The maximum atomic E-state index is 11.7. The van der Waals surface area contributed by atoms with Crippen molar-refractivity contribution in [2.24, 2.45) is 0 Å². The molecule has 1 N–H and O–H groups in total. The van der Waals surface area contributed by atoms with E-state index in [2.05, 4.69) is 0 Å². The van der Waals surface area contributed by atoms with Crippen LogP contribution in [0.1, 0.15) is 18.6 Å². The van der Waals surface area contributed by atoms with Crippen LogP contribution in [0.2, 0.25) is 0 Å². The molecule has 0 aromatic heterocycles. The molecule has 0 amide bonds. The average molecular weight is 325 g/mol. The summed E-state index contributed by atoms with van der Waals surface area (Å²) in [5.41, 5.74) is 2.55. The molecule has 2 aromatic carbocycles. The van der Waals surface area contributed by atoms with Gasteiger partial charge in [-0.05, 0) is 16.7 Å². The van der Waals surface area contributed by atoms with Crippen molar-refractivity contribution in [2.45, 2.75) is 17.7 Å². The van der Waals surface area contributed by atoms with E-state index in [0.29, 0.717) is 5.56 Å². The van der Waals surface area contributed by atoms with E-state index in [1.54, 1.807) is 12.1 Å². The van der Waals surface area contributed by atoms with Crippen molar-refractivity contribution in [2.75, 3.05) is 5.75 Å². The van der Waals surface area contributed by atoms with Crippen LogP contribution < -0.4 is 0 Å². The molecule has 2 atom stereocenters. The van der Waals surface area contributed by atoms with Crippen molar-refractivity contribution < 1.29 is 13.5 Å². The van der Waals surface area contributed by atoms with Crippen LogP contribution in [0.5, 0.6) is 0 Å². The van der Waals surface area contributed by atoms with Crippen molar-refractivity contribution in [3.63, 3.8) is 0 Å². The summed E-state index contributed by atoms with van der Waals surface area (Å²) in [6, 6.07) is 16.9. The minimum absolute atomic E-state index is 0.0969. The van der Waals surface area contributed by atoms with Crippen LogP contribution in [0, 0.1) is 0 Å². The highest BCUT2D eigenvalue weighted by Gasteiger charge is 2.29. The number of sulfone groups is 1. The minimum Gasteiger partial charge on any atom is -0.386 e. The molecule has 0 saturated heterocycles. The molecule has 2 unspecified atom stereocenters. The zero-order valence-corrected chi connectivity index (χ0v) is 13.2.